The third-order valence-corrected chi connectivity index (χ3v) is 2.99. The number of rotatable bonds is 3. The van der Waals surface area contributed by atoms with Gasteiger partial charge in [-0.2, -0.15) is 0 Å². The van der Waals surface area contributed by atoms with E-state index in [1.165, 1.54) is 7.11 Å². The normalized spacial score (nSPS) is 21.3. The Bertz CT molecular complexity index is 439. The van der Waals surface area contributed by atoms with Gasteiger partial charge in [0.05, 0.1) is 7.11 Å². The number of hydrogen-bond donors (Lipinski definition) is 2. The zero-order valence-electron chi connectivity index (χ0n) is 10.6. The summed E-state index contributed by atoms with van der Waals surface area (Å²) < 4.78 is 4.66. The maximum atomic E-state index is 11.9. The van der Waals surface area contributed by atoms with Crippen LogP contribution in [0.3, 0.4) is 0 Å². The summed E-state index contributed by atoms with van der Waals surface area (Å²) in [4.78, 5) is 23.2. The fourth-order valence-electron chi connectivity index (χ4n) is 2.03. The van der Waals surface area contributed by atoms with E-state index in [-0.39, 0.29) is 36.4 Å². The van der Waals surface area contributed by atoms with Crippen molar-refractivity contribution in [2.45, 2.75) is 18.5 Å². The van der Waals surface area contributed by atoms with Crippen molar-refractivity contribution in [3.8, 4) is 0 Å². The van der Waals surface area contributed by atoms with Crippen LogP contribution in [0.15, 0.2) is 30.3 Å². The number of carbonyl (C=O) groups is 2. The number of methoxy groups -OCH3 is 1. The summed E-state index contributed by atoms with van der Waals surface area (Å²) in [6.45, 7) is 0.582. The lowest BCUT2D eigenvalue weighted by Gasteiger charge is -2.11. The molecule has 0 unspecified atom stereocenters. The highest BCUT2D eigenvalue weighted by Gasteiger charge is 2.30. The number of carbonyl (C=O) groups excluding carboxylic acids is 2. The van der Waals surface area contributed by atoms with E-state index in [2.05, 4.69) is 15.4 Å². The van der Waals surface area contributed by atoms with Crippen LogP contribution >= 0.6 is 12.4 Å². The first-order chi connectivity index (χ1) is 8.70. The highest BCUT2D eigenvalue weighted by Crippen LogP contribution is 2.09. The van der Waals surface area contributed by atoms with Crippen LogP contribution in [0, 0.1) is 0 Å². The number of hydrogen-bond acceptors (Lipinski definition) is 4. The second-order valence-corrected chi connectivity index (χ2v) is 4.26. The van der Waals surface area contributed by atoms with Crippen LogP contribution in [-0.4, -0.2) is 37.6 Å². The summed E-state index contributed by atoms with van der Waals surface area (Å²) in [7, 11) is 1.36. The molecule has 0 aliphatic carbocycles. The first-order valence-electron chi connectivity index (χ1n) is 5.88. The maximum absolute atomic E-state index is 11.9. The van der Waals surface area contributed by atoms with Crippen LogP contribution in [-0.2, 0) is 9.53 Å². The molecule has 1 heterocycles. The first-order valence-corrected chi connectivity index (χ1v) is 5.88. The lowest BCUT2D eigenvalue weighted by molar-refractivity contribution is -0.142. The maximum Gasteiger partial charge on any atom is 0.322 e. The fourth-order valence-corrected chi connectivity index (χ4v) is 2.03. The zero-order chi connectivity index (χ0) is 13.0. The standard InChI is InChI=1S/C13H16N2O3.ClH/c1-18-13(17)11-7-10(8-14-11)15-12(16)9-5-3-2-4-6-9;/h2-6,10-11,14H,7-8H2,1H3,(H,15,16);1H/t10-,11+;/m0./s1. The molecule has 2 atom stereocenters. The van der Waals surface area contributed by atoms with Crippen molar-refractivity contribution in [3.63, 3.8) is 0 Å². The summed E-state index contributed by atoms with van der Waals surface area (Å²) in [6, 6.07) is 8.66. The molecule has 2 rings (SSSR count). The Morgan fingerprint density at radius 1 is 1.32 bits per heavy atom. The molecule has 6 heteroatoms. The minimum absolute atomic E-state index is 0. The molecular weight excluding hydrogens is 268 g/mol. The lowest BCUT2D eigenvalue weighted by Crippen LogP contribution is -2.36. The number of nitrogens with one attached hydrogen (secondary N) is 2. The molecule has 19 heavy (non-hydrogen) atoms. The molecule has 1 amide bonds. The van der Waals surface area contributed by atoms with Gasteiger partial charge in [-0.05, 0) is 18.6 Å². The van der Waals surface area contributed by atoms with Gasteiger partial charge < -0.3 is 15.4 Å². The predicted octanol–water partition coefficient (Wildman–Crippen LogP) is 0.742. The Hall–Kier alpha value is -1.59. The number of amides is 1. The quantitative estimate of drug-likeness (QED) is 0.804. The third kappa shape index (κ3) is 3.94. The van der Waals surface area contributed by atoms with Gasteiger partial charge in [0, 0.05) is 18.2 Å². The SMILES string of the molecule is COC(=O)[C@H]1C[C@H](NC(=O)c2ccccc2)CN1.Cl. The minimum Gasteiger partial charge on any atom is -0.468 e. The second-order valence-electron chi connectivity index (χ2n) is 4.26. The van der Waals surface area contributed by atoms with Crippen LogP contribution in [0.1, 0.15) is 16.8 Å². The van der Waals surface area contributed by atoms with Crippen LogP contribution in [0.25, 0.3) is 0 Å². The van der Waals surface area contributed by atoms with E-state index in [4.69, 9.17) is 0 Å². The zero-order valence-corrected chi connectivity index (χ0v) is 11.4. The molecule has 2 N–H and O–H groups in total. The minimum atomic E-state index is -0.323. The van der Waals surface area contributed by atoms with Gasteiger partial charge in [-0.25, -0.2) is 0 Å². The summed E-state index contributed by atoms with van der Waals surface area (Å²) in [5.41, 5.74) is 0.624. The molecule has 1 aromatic carbocycles. The molecule has 1 aliphatic rings. The number of esters is 1. The molecule has 104 valence electrons. The van der Waals surface area contributed by atoms with Gasteiger partial charge >= 0.3 is 5.97 Å². The van der Waals surface area contributed by atoms with Gasteiger partial charge in [-0.15, -0.1) is 12.4 Å². The van der Waals surface area contributed by atoms with Gasteiger partial charge in [-0.1, -0.05) is 18.2 Å². The number of benzene rings is 1. The summed E-state index contributed by atoms with van der Waals surface area (Å²) >= 11 is 0. The smallest absolute Gasteiger partial charge is 0.322 e. The highest BCUT2D eigenvalue weighted by molar-refractivity contribution is 5.94. The summed E-state index contributed by atoms with van der Waals surface area (Å²) in [5, 5.41) is 5.92. The molecule has 5 nitrogen and oxygen atoms in total. The second kappa shape index (κ2) is 7.11. The molecule has 0 saturated carbocycles. The van der Waals surface area contributed by atoms with Crippen LogP contribution < -0.4 is 10.6 Å². The first kappa shape index (κ1) is 15.5. The Morgan fingerprint density at radius 3 is 2.63 bits per heavy atom. The van der Waals surface area contributed by atoms with E-state index in [1.807, 2.05) is 18.2 Å². The number of ether oxygens (including phenoxy) is 1. The molecule has 1 saturated heterocycles. The largest absolute Gasteiger partial charge is 0.468 e. The predicted molar refractivity (Wildman–Crippen MR) is 73.4 cm³/mol. The summed E-state index contributed by atoms with van der Waals surface area (Å²) in [5.74, 6) is -0.403. The van der Waals surface area contributed by atoms with Gasteiger partial charge in [0.15, 0.2) is 0 Å². The van der Waals surface area contributed by atoms with Gasteiger partial charge in [0.1, 0.15) is 6.04 Å². The summed E-state index contributed by atoms with van der Waals surface area (Å²) in [6.07, 6.45) is 0.561. The van der Waals surface area contributed by atoms with Crippen molar-refractivity contribution in [1.82, 2.24) is 10.6 Å². The Morgan fingerprint density at radius 2 is 2.00 bits per heavy atom. The molecule has 0 spiro atoms. The van der Waals surface area contributed by atoms with Crippen molar-refractivity contribution in [3.05, 3.63) is 35.9 Å². The van der Waals surface area contributed by atoms with E-state index in [0.717, 1.165) is 0 Å². The van der Waals surface area contributed by atoms with Crippen molar-refractivity contribution in [2.75, 3.05) is 13.7 Å². The van der Waals surface area contributed by atoms with E-state index in [0.29, 0.717) is 18.5 Å². The van der Waals surface area contributed by atoms with Gasteiger partial charge in [0.25, 0.3) is 5.91 Å². The van der Waals surface area contributed by atoms with Crippen molar-refractivity contribution in [2.24, 2.45) is 0 Å². The van der Waals surface area contributed by atoms with Crippen LogP contribution in [0.2, 0.25) is 0 Å². The van der Waals surface area contributed by atoms with Gasteiger partial charge in [-0.3, -0.25) is 9.59 Å². The van der Waals surface area contributed by atoms with Crippen molar-refractivity contribution >= 4 is 24.3 Å². The average Bonchev–Trinajstić information content (AvgIpc) is 2.87. The van der Waals surface area contributed by atoms with E-state index < -0.39 is 0 Å². The van der Waals surface area contributed by atoms with E-state index in [9.17, 15) is 9.59 Å². The van der Waals surface area contributed by atoms with Gasteiger partial charge in [0.2, 0.25) is 0 Å². The monoisotopic (exact) mass is 284 g/mol. The van der Waals surface area contributed by atoms with E-state index >= 15 is 0 Å². The Labute approximate surface area is 118 Å². The third-order valence-electron chi connectivity index (χ3n) is 2.99. The molecule has 1 aliphatic heterocycles. The molecular formula is C13H17ClN2O3. The molecule has 0 bridgehead atoms. The molecule has 1 fully saturated rings. The average molecular weight is 285 g/mol. The fraction of sp³-hybridized carbons (Fsp3) is 0.385. The van der Waals surface area contributed by atoms with E-state index in [1.54, 1.807) is 12.1 Å². The Balaban J connectivity index is 0.00000180. The van der Waals surface area contributed by atoms with Crippen LogP contribution in [0.4, 0.5) is 0 Å². The lowest BCUT2D eigenvalue weighted by atomic mass is 10.1. The Kier molecular flexibility index (Phi) is 5.79. The molecule has 0 radical (unpaired) electrons. The van der Waals surface area contributed by atoms with Crippen molar-refractivity contribution in [1.29, 1.82) is 0 Å². The van der Waals surface area contributed by atoms with Crippen molar-refractivity contribution < 1.29 is 14.3 Å². The topological polar surface area (TPSA) is 67.4 Å². The van der Waals surface area contributed by atoms with Crippen LogP contribution in [0.5, 0.6) is 0 Å². The number of halogens is 1. The highest BCUT2D eigenvalue weighted by atomic mass is 35.5. The molecule has 1 aromatic rings. The molecule has 0 aromatic heterocycles.